The van der Waals surface area contributed by atoms with Crippen molar-refractivity contribution in [2.75, 3.05) is 11.3 Å². The molecule has 0 aliphatic carbocycles. The van der Waals surface area contributed by atoms with Crippen LogP contribution in [0.5, 0.6) is 0 Å². The summed E-state index contributed by atoms with van der Waals surface area (Å²) in [5, 5.41) is 0. The third-order valence-corrected chi connectivity index (χ3v) is 3.04. The smallest absolute Gasteiger partial charge is 0.295 e. The van der Waals surface area contributed by atoms with Crippen LogP contribution >= 0.6 is 0 Å². The number of halogens is 3. The molecule has 0 radical (unpaired) electrons. The quantitative estimate of drug-likeness (QED) is 0.812. The predicted molar refractivity (Wildman–Crippen MR) is 63.0 cm³/mol. The third-order valence-electron chi connectivity index (χ3n) is 2.01. The van der Waals surface area contributed by atoms with E-state index < -0.39 is 22.9 Å². The Morgan fingerprint density at radius 2 is 1.74 bits per heavy atom. The topological polar surface area (TPSA) is 75.3 Å². The highest BCUT2D eigenvalue weighted by molar-refractivity contribution is 7.90. The number of Topliss-reactive ketones (excluding diaryl/α,β-unsaturated/α-hetero) is 1. The van der Waals surface area contributed by atoms with Crippen molar-refractivity contribution >= 4 is 21.7 Å². The first-order valence-corrected chi connectivity index (χ1v) is 6.52. The Morgan fingerprint density at radius 3 is 2.16 bits per heavy atom. The van der Waals surface area contributed by atoms with E-state index in [1.807, 2.05) is 4.72 Å². The Bertz CT molecular complexity index is 552. The molecule has 19 heavy (non-hydrogen) atoms. The van der Waals surface area contributed by atoms with Gasteiger partial charge in [0, 0.05) is 11.3 Å². The van der Waals surface area contributed by atoms with Gasteiger partial charge in [-0.25, -0.2) is 0 Å². The standard InChI is InChI=1S/C10H11F3N2O3S/c1-7(16)8-2-4-9(5-3-8)15-19(17,18)14-6-10(11,12)13/h2-5,14-15H,6H2,1H3. The van der Waals surface area contributed by atoms with E-state index in [0.717, 1.165) is 0 Å². The van der Waals surface area contributed by atoms with Crippen LogP contribution in [0.3, 0.4) is 0 Å². The summed E-state index contributed by atoms with van der Waals surface area (Å²) in [4.78, 5) is 11.0. The van der Waals surface area contributed by atoms with Crippen LogP contribution in [0.2, 0.25) is 0 Å². The minimum atomic E-state index is -4.63. The molecule has 0 amide bonds. The Balaban J connectivity index is 2.70. The summed E-state index contributed by atoms with van der Waals surface area (Å²) in [6, 6.07) is 5.29. The Kier molecular flexibility index (Phi) is 4.53. The van der Waals surface area contributed by atoms with Gasteiger partial charge in [0.25, 0.3) is 10.2 Å². The highest BCUT2D eigenvalue weighted by atomic mass is 32.2. The lowest BCUT2D eigenvalue weighted by molar-refractivity contribution is -0.121. The molecule has 1 aromatic carbocycles. The molecule has 0 aromatic heterocycles. The molecule has 9 heteroatoms. The number of alkyl halides is 3. The molecule has 0 aliphatic rings. The monoisotopic (exact) mass is 296 g/mol. The molecular weight excluding hydrogens is 285 g/mol. The SMILES string of the molecule is CC(=O)c1ccc(NS(=O)(=O)NCC(F)(F)F)cc1. The number of nitrogens with one attached hydrogen (secondary N) is 2. The van der Waals surface area contributed by atoms with Gasteiger partial charge in [0.15, 0.2) is 5.78 Å². The second-order valence-electron chi connectivity index (χ2n) is 3.68. The van der Waals surface area contributed by atoms with Crippen LogP contribution in [-0.2, 0) is 10.2 Å². The number of ketones is 1. The van der Waals surface area contributed by atoms with Crippen LogP contribution in [0, 0.1) is 0 Å². The Labute approximate surface area is 108 Å². The van der Waals surface area contributed by atoms with Gasteiger partial charge in [-0.15, -0.1) is 0 Å². The largest absolute Gasteiger partial charge is 0.402 e. The van der Waals surface area contributed by atoms with Gasteiger partial charge in [-0.1, -0.05) is 0 Å². The summed E-state index contributed by atoms with van der Waals surface area (Å²) in [5.41, 5.74) is 0.422. The molecule has 0 atom stereocenters. The number of rotatable bonds is 5. The number of benzene rings is 1. The summed E-state index contributed by atoms with van der Waals surface area (Å²) < 4.78 is 61.4. The van der Waals surface area contributed by atoms with Gasteiger partial charge in [-0.05, 0) is 31.2 Å². The van der Waals surface area contributed by atoms with Crippen molar-refractivity contribution in [1.29, 1.82) is 0 Å². The number of hydrogen-bond donors (Lipinski definition) is 2. The molecule has 0 saturated heterocycles. The lowest BCUT2D eigenvalue weighted by Crippen LogP contribution is -2.37. The van der Waals surface area contributed by atoms with Crippen LogP contribution in [0.1, 0.15) is 17.3 Å². The van der Waals surface area contributed by atoms with Gasteiger partial charge in [0.1, 0.15) is 6.54 Å². The molecule has 2 N–H and O–H groups in total. The third kappa shape index (κ3) is 5.71. The van der Waals surface area contributed by atoms with E-state index in [-0.39, 0.29) is 11.5 Å². The van der Waals surface area contributed by atoms with E-state index in [4.69, 9.17) is 0 Å². The second kappa shape index (κ2) is 5.57. The van der Waals surface area contributed by atoms with Gasteiger partial charge >= 0.3 is 6.18 Å². The summed E-state index contributed by atoms with van der Waals surface area (Å²) >= 11 is 0. The van der Waals surface area contributed by atoms with Crippen LogP contribution in [-0.4, -0.2) is 26.9 Å². The maximum Gasteiger partial charge on any atom is 0.402 e. The summed E-state index contributed by atoms with van der Waals surface area (Å²) in [6.45, 7) is -0.322. The van der Waals surface area contributed by atoms with Crippen molar-refractivity contribution in [3.63, 3.8) is 0 Å². The number of hydrogen-bond acceptors (Lipinski definition) is 3. The van der Waals surface area contributed by atoms with Crippen molar-refractivity contribution in [1.82, 2.24) is 4.72 Å². The lowest BCUT2D eigenvalue weighted by atomic mass is 10.1. The first kappa shape index (κ1) is 15.4. The fourth-order valence-corrected chi connectivity index (χ4v) is 2.01. The summed E-state index contributed by atoms with van der Waals surface area (Å²) in [5.74, 6) is -0.204. The average molecular weight is 296 g/mol. The summed E-state index contributed by atoms with van der Waals surface area (Å²) in [6.07, 6.45) is -4.63. The lowest BCUT2D eigenvalue weighted by Gasteiger charge is -2.11. The summed E-state index contributed by atoms with van der Waals surface area (Å²) in [7, 11) is -4.31. The number of carbonyl (C=O) groups is 1. The van der Waals surface area contributed by atoms with Gasteiger partial charge in [-0.3, -0.25) is 9.52 Å². The van der Waals surface area contributed by atoms with Gasteiger partial charge in [0.05, 0.1) is 0 Å². The van der Waals surface area contributed by atoms with Crippen molar-refractivity contribution in [3.05, 3.63) is 29.8 Å². The normalized spacial score (nSPS) is 12.2. The van der Waals surface area contributed by atoms with E-state index in [1.54, 1.807) is 0 Å². The molecule has 0 bridgehead atoms. The van der Waals surface area contributed by atoms with Gasteiger partial charge in [0.2, 0.25) is 0 Å². The van der Waals surface area contributed by atoms with Crippen molar-refractivity contribution < 1.29 is 26.4 Å². The van der Waals surface area contributed by atoms with Crippen LogP contribution in [0.4, 0.5) is 18.9 Å². The van der Waals surface area contributed by atoms with Crippen LogP contribution in [0.15, 0.2) is 24.3 Å². The van der Waals surface area contributed by atoms with E-state index in [0.29, 0.717) is 5.56 Å². The highest BCUT2D eigenvalue weighted by Crippen LogP contribution is 2.14. The molecule has 0 unspecified atom stereocenters. The molecule has 0 heterocycles. The fraction of sp³-hybridized carbons (Fsp3) is 0.300. The first-order chi connectivity index (χ1) is 8.59. The van der Waals surface area contributed by atoms with Crippen molar-refractivity contribution in [2.24, 2.45) is 0 Å². The van der Waals surface area contributed by atoms with Crippen LogP contribution < -0.4 is 9.44 Å². The van der Waals surface area contributed by atoms with Crippen molar-refractivity contribution in [2.45, 2.75) is 13.1 Å². The van der Waals surface area contributed by atoms with Gasteiger partial charge in [-0.2, -0.15) is 26.3 Å². The predicted octanol–water partition coefficient (Wildman–Crippen LogP) is 1.70. The highest BCUT2D eigenvalue weighted by Gasteiger charge is 2.29. The Hall–Kier alpha value is -1.61. The maximum atomic E-state index is 11.9. The van der Waals surface area contributed by atoms with Crippen LogP contribution in [0.25, 0.3) is 0 Å². The van der Waals surface area contributed by atoms with E-state index in [9.17, 15) is 26.4 Å². The maximum absolute atomic E-state index is 11.9. The molecule has 0 saturated carbocycles. The number of carbonyl (C=O) groups excluding carboxylic acids is 1. The van der Waals surface area contributed by atoms with E-state index in [2.05, 4.69) is 0 Å². The molecule has 0 spiro atoms. The zero-order valence-electron chi connectivity index (χ0n) is 9.78. The first-order valence-electron chi connectivity index (χ1n) is 5.04. The molecular formula is C10H11F3N2O3S. The van der Waals surface area contributed by atoms with E-state index in [1.165, 1.54) is 35.9 Å². The minimum absolute atomic E-state index is 0.0553. The molecule has 1 rings (SSSR count). The molecule has 106 valence electrons. The molecule has 0 aliphatic heterocycles. The molecule has 5 nitrogen and oxygen atoms in total. The zero-order valence-corrected chi connectivity index (χ0v) is 10.6. The zero-order chi connectivity index (χ0) is 14.7. The number of anilines is 1. The minimum Gasteiger partial charge on any atom is -0.295 e. The molecule has 1 aromatic rings. The second-order valence-corrected chi connectivity index (χ2v) is 5.18. The van der Waals surface area contributed by atoms with Crippen molar-refractivity contribution in [3.8, 4) is 0 Å². The Morgan fingerprint density at radius 1 is 1.21 bits per heavy atom. The molecule has 0 fully saturated rings. The van der Waals surface area contributed by atoms with E-state index >= 15 is 0 Å². The fourth-order valence-electron chi connectivity index (χ4n) is 1.14. The van der Waals surface area contributed by atoms with Gasteiger partial charge < -0.3 is 0 Å². The average Bonchev–Trinajstić information content (AvgIpc) is 2.26.